The van der Waals surface area contributed by atoms with E-state index >= 15 is 0 Å². The molecule has 0 radical (unpaired) electrons. The average molecular weight is 187 g/mol. The zero-order valence-corrected chi connectivity index (χ0v) is 7.64. The Morgan fingerprint density at radius 2 is 2.42 bits per heavy atom. The van der Waals surface area contributed by atoms with Crippen LogP contribution in [0.4, 0.5) is 0 Å². The van der Waals surface area contributed by atoms with Gasteiger partial charge in [0.1, 0.15) is 10.9 Å². The number of nitrogens with two attached hydrogens (primary N) is 1. The Balaban J connectivity index is 2.95. The molecule has 1 aromatic heterocycles. The lowest BCUT2D eigenvalue weighted by molar-refractivity contribution is 0.336. The summed E-state index contributed by atoms with van der Waals surface area (Å²) in [6.07, 6.45) is 1.63. The number of hydrogen-bond acceptors (Lipinski definition) is 3. The molecule has 0 amide bonds. The van der Waals surface area contributed by atoms with Crippen molar-refractivity contribution in [3.63, 3.8) is 0 Å². The van der Waals surface area contributed by atoms with Crippen LogP contribution in [0.25, 0.3) is 0 Å². The molecule has 0 aromatic carbocycles. The summed E-state index contributed by atoms with van der Waals surface area (Å²) in [7, 11) is 0. The first-order valence-corrected chi connectivity index (χ1v) is 4.13. The lowest BCUT2D eigenvalue weighted by Crippen LogP contribution is -2.02. The maximum atomic E-state index is 5.68. The minimum absolute atomic E-state index is 0.416. The van der Waals surface area contributed by atoms with Crippen LogP contribution in [0.1, 0.15) is 12.5 Å². The van der Waals surface area contributed by atoms with Crippen molar-refractivity contribution in [3.8, 4) is 5.75 Å². The third kappa shape index (κ3) is 2.09. The van der Waals surface area contributed by atoms with Gasteiger partial charge >= 0.3 is 0 Å². The Bertz CT molecular complexity index is 265. The third-order valence-corrected chi connectivity index (χ3v) is 1.64. The molecular weight excluding hydrogens is 176 g/mol. The molecule has 4 heteroatoms. The van der Waals surface area contributed by atoms with Gasteiger partial charge in [0.25, 0.3) is 0 Å². The van der Waals surface area contributed by atoms with Gasteiger partial charge in [-0.2, -0.15) is 0 Å². The Morgan fingerprint density at radius 1 is 1.67 bits per heavy atom. The standard InChI is InChI=1S/C8H11ClN2O/c1-2-12-7-3-8(9)11-5-6(7)4-10/h3,5H,2,4,10H2,1H3. The molecule has 1 heterocycles. The van der Waals surface area contributed by atoms with E-state index in [4.69, 9.17) is 22.1 Å². The van der Waals surface area contributed by atoms with Crippen molar-refractivity contribution in [2.75, 3.05) is 6.61 Å². The zero-order valence-electron chi connectivity index (χ0n) is 6.88. The predicted octanol–water partition coefficient (Wildman–Crippen LogP) is 1.59. The first kappa shape index (κ1) is 9.29. The van der Waals surface area contributed by atoms with Gasteiger partial charge in [0.05, 0.1) is 6.61 Å². The summed E-state index contributed by atoms with van der Waals surface area (Å²) < 4.78 is 5.30. The fraction of sp³-hybridized carbons (Fsp3) is 0.375. The van der Waals surface area contributed by atoms with Gasteiger partial charge in [-0.1, -0.05) is 11.6 Å². The van der Waals surface area contributed by atoms with E-state index in [1.807, 2.05) is 6.92 Å². The number of aromatic nitrogens is 1. The number of nitrogens with zero attached hydrogens (tertiary/aromatic N) is 1. The Hall–Kier alpha value is -0.800. The van der Waals surface area contributed by atoms with Crippen LogP contribution in [0.5, 0.6) is 5.75 Å². The van der Waals surface area contributed by atoms with Crippen molar-refractivity contribution in [1.82, 2.24) is 4.98 Å². The zero-order chi connectivity index (χ0) is 8.97. The Morgan fingerprint density at radius 3 is 3.00 bits per heavy atom. The van der Waals surface area contributed by atoms with E-state index in [-0.39, 0.29) is 0 Å². The molecule has 0 fully saturated rings. The van der Waals surface area contributed by atoms with Crippen LogP contribution in [0.2, 0.25) is 5.15 Å². The Kier molecular flexibility index (Phi) is 3.31. The van der Waals surface area contributed by atoms with Crippen LogP contribution < -0.4 is 10.5 Å². The van der Waals surface area contributed by atoms with Gasteiger partial charge in [0.2, 0.25) is 0 Å². The van der Waals surface area contributed by atoms with Gasteiger partial charge in [-0.3, -0.25) is 0 Å². The molecule has 3 nitrogen and oxygen atoms in total. The van der Waals surface area contributed by atoms with Crippen LogP contribution in [-0.2, 0) is 6.54 Å². The van der Waals surface area contributed by atoms with E-state index in [1.54, 1.807) is 12.3 Å². The highest BCUT2D eigenvalue weighted by atomic mass is 35.5. The average Bonchev–Trinajstić information content (AvgIpc) is 2.05. The highest BCUT2D eigenvalue weighted by Crippen LogP contribution is 2.20. The molecule has 1 rings (SSSR count). The minimum Gasteiger partial charge on any atom is -0.493 e. The molecule has 0 saturated heterocycles. The number of hydrogen-bond donors (Lipinski definition) is 1. The number of halogens is 1. The first-order valence-electron chi connectivity index (χ1n) is 3.75. The van der Waals surface area contributed by atoms with Crippen LogP contribution in [0.15, 0.2) is 12.3 Å². The summed E-state index contributed by atoms with van der Waals surface area (Å²) in [5, 5.41) is 0.427. The predicted molar refractivity (Wildman–Crippen MR) is 48.3 cm³/mol. The second-order valence-corrected chi connectivity index (χ2v) is 2.64. The van der Waals surface area contributed by atoms with E-state index < -0.39 is 0 Å². The molecule has 0 spiro atoms. The second kappa shape index (κ2) is 4.28. The SMILES string of the molecule is CCOc1cc(Cl)ncc1CN. The van der Waals surface area contributed by atoms with Gasteiger partial charge in [0.15, 0.2) is 0 Å². The summed E-state index contributed by atoms with van der Waals surface area (Å²) in [5.41, 5.74) is 6.34. The summed E-state index contributed by atoms with van der Waals surface area (Å²) in [5.74, 6) is 0.722. The van der Waals surface area contributed by atoms with E-state index in [2.05, 4.69) is 4.98 Å². The van der Waals surface area contributed by atoms with Crippen LogP contribution in [0, 0.1) is 0 Å². The smallest absolute Gasteiger partial charge is 0.132 e. The minimum atomic E-state index is 0.416. The Labute approximate surface area is 76.5 Å². The molecule has 0 aliphatic heterocycles. The molecule has 2 N–H and O–H groups in total. The maximum Gasteiger partial charge on any atom is 0.132 e. The molecule has 0 saturated carbocycles. The van der Waals surface area contributed by atoms with E-state index in [9.17, 15) is 0 Å². The van der Waals surface area contributed by atoms with Gasteiger partial charge in [-0.15, -0.1) is 0 Å². The van der Waals surface area contributed by atoms with Crippen molar-refractivity contribution < 1.29 is 4.74 Å². The molecule has 0 aliphatic rings. The molecule has 0 unspecified atom stereocenters. The largest absolute Gasteiger partial charge is 0.493 e. The first-order chi connectivity index (χ1) is 5.77. The third-order valence-electron chi connectivity index (χ3n) is 1.43. The molecule has 0 bridgehead atoms. The van der Waals surface area contributed by atoms with Gasteiger partial charge in [-0.05, 0) is 6.92 Å². The fourth-order valence-corrected chi connectivity index (χ4v) is 1.03. The van der Waals surface area contributed by atoms with Crippen molar-refractivity contribution in [2.24, 2.45) is 5.73 Å². The van der Waals surface area contributed by atoms with Crippen molar-refractivity contribution in [3.05, 3.63) is 23.0 Å². The van der Waals surface area contributed by atoms with E-state index in [1.165, 1.54) is 0 Å². The lowest BCUT2D eigenvalue weighted by atomic mass is 10.2. The van der Waals surface area contributed by atoms with E-state index in [0.717, 1.165) is 11.3 Å². The topological polar surface area (TPSA) is 48.1 Å². The highest BCUT2D eigenvalue weighted by molar-refractivity contribution is 6.29. The number of pyridine rings is 1. The van der Waals surface area contributed by atoms with Crippen molar-refractivity contribution >= 4 is 11.6 Å². The van der Waals surface area contributed by atoms with Crippen LogP contribution in [0.3, 0.4) is 0 Å². The maximum absolute atomic E-state index is 5.68. The molecule has 66 valence electrons. The lowest BCUT2D eigenvalue weighted by Gasteiger charge is -2.07. The summed E-state index contributed by atoms with van der Waals surface area (Å²) >= 11 is 5.68. The quantitative estimate of drug-likeness (QED) is 0.730. The molecule has 0 atom stereocenters. The summed E-state index contributed by atoms with van der Waals surface area (Å²) in [4.78, 5) is 3.90. The molecule has 0 aliphatic carbocycles. The van der Waals surface area contributed by atoms with Crippen molar-refractivity contribution in [2.45, 2.75) is 13.5 Å². The van der Waals surface area contributed by atoms with E-state index in [0.29, 0.717) is 18.3 Å². The van der Waals surface area contributed by atoms with Crippen LogP contribution in [-0.4, -0.2) is 11.6 Å². The normalized spacial score (nSPS) is 9.92. The number of rotatable bonds is 3. The van der Waals surface area contributed by atoms with Crippen LogP contribution >= 0.6 is 11.6 Å². The van der Waals surface area contributed by atoms with Crippen molar-refractivity contribution in [1.29, 1.82) is 0 Å². The van der Waals surface area contributed by atoms with Gasteiger partial charge in [-0.25, -0.2) is 4.98 Å². The monoisotopic (exact) mass is 186 g/mol. The second-order valence-electron chi connectivity index (χ2n) is 2.25. The molecule has 12 heavy (non-hydrogen) atoms. The van der Waals surface area contributed by atoms with Gasteiger partial charge in [0, 0.05) is 24.4 Å². The van der Waals surface area contributed by atoms with Gasteiger partial charge < -0.3 is 10.5 Å². The fourth-order valence-electron chi connectivity index (χ4n) is 0.885. The summed E-state index contributed by atoms with van der Waals surface area (Å²) in [6.45, 7) is 2.93. The molecular formula is C8H11ClN2O. The summed E-state index contributed by atoms with van der Waals surface area (Å²) in [6, 6.07) is 1.67. The number of ether oxygens (including phenoxy) is 1. The highest BCUT2D eigenvalue weighted by Gasteiger charge is 2.02. The molecule has 1 aromatic rings.